The Morgan fingerprint density at radius 2 is 1.83 bits per heavy atom. The van der Waals surface area contributed by atoms with Crippen molar-refractivity contribution in [1.82, 2.24) is 15.0 Å². The van der Waals surface area contributed by atoms with Crippen molar-refractivity contribution < 1.29 is 4.74 Å². The molecule has 1 unspecified atom stereocenters. The lowest BCUT2D eigenvalue weighted by molar-refractivity contribution is 0.317. The van der Waals surface area contributed by atoms with Crippen molar-refractivity contribution in [2.24, 2.45) is 0 Å². The van der Waals surface area contributed by atoms with Crippen LogP contribution in [0.25, 0.3) is 10.9 Å². The number of aromatic nitrogens is 3. The van der Waals surface area contributed by atoms with Crippen molar-refractivity contribution in [2.45, 2.75) is 19.3 Å². The molecule has 0 radical (unpaired) electrons. The fraction of sp³-hybridized carbons (Fsp3) is 0.174. The van der Waals surface area contributed by atoms with Crippen LogP contribution in [0.4, 0.5) is 11.4 Å². The van der Waals surface area contributed by atoms with Crippen molar-refractivity contribution in [1.29, 1.82) is 0 Å². The zero-order valence-electron chi connectivity index (χ0n) is 16.4. The number of aromatic amines is 2. The second-order valence-corrected chi connectivity index (χ2v) is 7.27. The molecule has 3 N–H and O–H groups in total. The summed E-state index contributed by atoms with van der Waals surface area (Å²) in [6, 6.07) is 15.6. The zero-order valence-corrected chi connectivity index (χ0v) is 16.4. The van der Waals surface area contributed by atoms with Gasteiger partial charge in [0.1, 0.15) is 11.4 Å². The molecule has 7 nitrogen and oxygen atoms in total. The molecule has 30 heavy (non-hydrogen) atoms. The van der Waals surface area contributed by atoms with Crippen LogP contribution in [0.3, 0.4) is 0 Å². The summed E-state index contributed by atoms with van der Waals surface area (Å²) in [6.07, 6.45) is 2.67. The lowest BCUT2D eigenvalue weighted by Gasteiger charge is -2.29. The predicted octanol–water partition coefficient (Wildman–Crippen LogP) is 3.64. The maximum absolute atomic E-state index is 12.6. The first-order valence-electron chi connectivity index (χ1n) is 9.89. The molecule has 7 heteroatoms. The Balaban J connectivity index is 1.73. The third-order valence-corrected chi connectivity index (χ3v) is 5.32. The Morgan fingerprint density at radius 3 is 2.63 bits per heavy atom. The maximum Gasteiger partial charge on any atom is 0.326 e. The Kier molecular flexibility index (Phi) is 4.35. The van der Waals surface area contributed by atoms with E-state index in [1.165, 1.54) is 0 Å². The van der Waals surface area contributed by atoms with Crippen LogP contribution in [-0.4, -0.2) is 21.6 Å². The Morgan fingerprint density at radius 1 is 1.00 bits per heavy atom. The van der Waals surface area contributed by atoms with Crippen LogP contribution in [0, 0.1) is 0 Å². The van der Waals surface area contributed by atoms with Gasteiger partial charge in [0.2, 0.25) is 0 Å². The van der Waals surface area contributed by atoms with Crippen LogP contribution in [0.2, 0.25) is 0 Å². The first kappa shape index (κ1) is 18.2. The summed E-state index contributed by atoms with van der Waals surface area (Å²) in [5.74, 6) is 0.480. The van der Waals surface area contributed by atoms with Crippen LogP contribution in [0.5, 0.6) is 5.75 Å². The van der Waals surface area contributed by atoms with Gasteiger partial charge < -0.3 is 15.0 Å². The highest BCUT2D eigenvalue weighted by Gasteiger charge is 2.31. The first-order valence-corrected chi connectivity index (χ1v) is 9.89. The lowest BCUT2D eigenvalue weighted by atomic mass is 9.83. The number of hydrogen-bond acceptors (Lipinski definition) is 5. The van der Waals surface area contributed by atoms with Gasteiger partial charge in [0.15, 0.2) is 0 Å². The SMILES string of the molecule is CCCOc1ccc(C2c3ccc4ncccc4c3Nc3c2[nH]c(=O)[nH]c3=O)cc1. The predicted molar refractivity (Wildman–Crippen MR) is 116 cm³/mol. The molecule has 1 atom stereocenters. The van der Waals surface area contributed by atoms with Gasteiger partial charge in [0.25, 0.3) is 5.56 Å². The molecule has 3 heterocycles. The minimum Gasteiger partial charge on any atom is -0.494 e. The van der Waals surface area contributed by atoms with Crippen molar-refractivity contribution in [3.63, 3.8) is 0 Å². The molecule has 1 aliphatic heterocycles. The molecule has 0 bridgehead atoms. The average Bonchev–Trinajstić information content (AvgIpc) is 2.77. The Hall–Kier alpha value is -3.87. The van der Waals surface area contributed by atoms with Crippen LogP contribution in [0.15, 0.2) is 64.3 Å². The molecule has 2 aromatic carbocycles. The largest absolute Gasteiger partial charge is 0.494 e. The average molecular weight is 400 g/mol. The summed E-state index contributed by atoms with van der Waals surface area (Å²) in [7, 11) is 0. The van der Waals surface area contributed by atoms with Crippen LogP contribution >= 0.6 is 0 Å². The normalized spacial score (nSPS) is 14.6. The monoisotopic (exact) mass is 400 g/mol. The van der Waals surface area contributed by atoms with Crippen LogP contribution in [-0.2, 0) is 0 Å². The molecule has 0 aliphatic carbocycles. The molecule has 2 aromatic heterocycles. The van der Waals surface area contributed by atoms with E-state index < -0.39 is 11.2 Å². The van der Waals surface area contributed by atoms with Crippen LogP contribution < -0.4 is 21.3 Å². The number of benzene rings is 2. The van der Waals surface area contributed by atoms with E-state index in [1.54, 1.807) is 6.20 Å². The van der Waals surface area contributed by atoms with Gasteiger partial charge >= 0.3 is 5.69 Å². The van der Waals surface area contributed by atoms with Crippen LogP contribution in [0.1, 0.15) is 36.1 Å². The molecular formula is C23H20N4O3. The number of rotatable bonds is 4. The zero-order chi connectivity index (χ0) is 20.7. The molecule has 0 saturated heterocycles. The molecule has 0 saturated carbocycles. The van der Waals surface area contributed by atoms with E-state index >= 15 is 0 Å². The number of fused-ring (bicyclic) bond motifs is 4. The minimum atomic E-state index is -0.528. The molecule has 0 amide bonds. The van der Waals surface area contributed by atoms with Crippen molar-refractivity contribution in [3.8, 4) is 5.75 Å². The highest BCUT2D eigenvalue weighted by atomic mass is 16.5. The number of hydrogen-bond donors (Lipinski definition) is 3. The number of ether oxygens (including phenoxy) is 1. The number of nitrogens with one attached hydrogen (secondary N) is 3. The quantitative estimate of drug-likeness (QED) is 0.428. The summed E-state index contributed by atoms with van der Waals surface area (Å²) in [5.41, 5.74) is 3.47. The molecule has 0 spiro atoms. The van der Waals surface area contributed by atoms with E-state index in [0.29, 0.717) is 18.0 Å². The Labute approximate surface area is 171 Å². The fourth-order valence-corrected chi connectivity index (χ4v) is 4.00. The second-order valence-electron chi connectivity index (χ2n) is 7.27. The lowest BCUT2D eigenvalue weighted by Crippen LogP contribution is -2.31. The first-order chi connectivity index (χ1) is 14.7. The van der Waals surface area contributed by atoms with E-state index in [2.05, 4.69) is 27.2 Å². The van der Waals surface area contributed by atoms with E-state index in [9.17, 15) is 9.59 Å². The summed E-state index contributed by atoms with van der Waals surface area (Å²) in [6.45, 7) is 2.71. The smallest absolute Gasteiger partial charge is 0.326 e. The third-order valence-electron chi connectivity index (χ3n) is 5.32. The molecule has 1 aliphatic rings. The van der Waals surface area contributed by atoms with E-state index in [4.69, 9.17) is 4.74 Å². The molecule has 4 aromatic rings. The van der Waals surface area contributed by atoms with Gasteiger partial charge in [-0.1, -0.05) is 25.1 Å². The summed E-state index contributed by atoms with van der Waals surface area (Å²) in [4.78, 5) is 34.2. The molecule has 5 rings (SSSR count). The van der Waals surface area contributed by atoms with Gasteiger partial charge in [0, 0.05) is 11.6 Å². The van der Waals surface area contributed by atoms with E-state index in [-0.39, 0.29) is 5.92 Å². The van der Waals surface area contributed by atoms with E-state index in [0.717, 1.165) is 39.9 Å². The van der Waals surface area contributed by atoms with Gasteiger partial charge in [0.05, 0.1) is 29.4 Å². The summed E-state index contributed by atoms with van der Waals surface area (Å²) < 4.78 is 5.70. The summed E-state index contributed by atoms with van der Waals surface area (Å²) >= 11 is 0. The van der Waals surface area contributed by atoms with Gasteiger partial charge in [-0.25, -0.2) is 4.79 Å². The molecule has 150 valence electrons. The summed E-state index contributed by atoms with van der Waals surface area (Å²) in [5, 5.41) is 4.16. The van der Waals surface area contributed by atoms with Gasteiger partial charge in [-0.3, -0.25) is 14.8 Å². The van der Waals surface area contributed by atoms with Gasteiger partial charge in [-0.05, 0) is 47.9 Å². The minimum absolute atomic E-state index is 0.309. The van der Waals surface area contributed by atoms with Gasteiger partial charge in [-0.2, -0.15) is 0 Å². The topological polar surface area (TPSA) is 99.9 Å². The highest BCUT2D eigenvalue weighted by molar-refractivity contribution is 5.97. The van der Waals surface area contributed by atoms with E-state index in [1.807, 2.05) is 48.5 Å². The fourth-order valence-electron chi connectivity index (χ4n) is 4.00. The number of H-pyrrole nitrogens is 2. The maximum atomic E-state index is 12.6. The van der Waals surface area contributed by atoms with Crippen molar-refractivity contribution in [2.75, 3.05) is 11.9 Å². The van der Waals surface area contributed by atoms with Crippen molar-refractivity contribution >= 4 is 22.3 Å². The standard InChI is InChI=1S/C23H20N4O3/c1-2-12-30-14-7-5-13(6-8-14)18-16-9-10-17-15(4-3-11-24-17)19(16)25-21-20(18)26-23(29)27-22(21)28/h3-11,18,25H,2,12H2,1H3,(H2,26,27,28,29). The number of pyridine rings is 1. The van der Waals surface area contributed by atoms with Crippen molar-refractivity contribution in [3.05, 3.63) is 92.4 Å². The number of anilines is 2. The third kappa shape index (κ3) is 2.95. The highest BCUT2D eigenvalue weighted by Crippen LogP contribution is 2.45. The van der Waals surface area contributed by atoms with Gasteiger partial charge in [-0.15, -0.1) is 0 Å². The second kappa shape index (κ2) is 7.18. The Bertz CT molecular complexity index is 1360. The number of nitrogens with zero attached hydrogens (tertiary/aromatic N) is 1. The molecular weight excluding hydrogens is 380 g/mol. The molecule has 0 fully saturated rings.